The second kappa shape index (κ2) is 4.01. The van der Waals surface area contributed by atoms with Gasteiger partial charge in [0.2, 0.25) is 0 Å². The molecule has 0 N–H and O–H groups in total. The molecule has 0 unspecified atom stereocenters. The number of aromatic nitrogens is 2. The van der Waals surface area contributed by atoms with Crippen molar-refractivity contribution in [1.82, 2.24) is 9.97 Å². The lowest BCUT2D eigenvalue weighted by molar-refractivity contribution is 0.968. The second-order valence-corrected chi connectivity index (χ2v) is 3.26. The molecule has 0 saturated carbocycles. The summed E-state index contributed by atoms with van der Waals surface area (Å²) in [6.45, 7) is 1.91. The number of rotatable bonds is 2. The topological polar surface area (TPSA) is 25.8 Å². The lowest BCUT2D eigenvalue weighted by Gasteiger charge is -2.00. The van der Waals surface area contributed by atoms with Crippen molar-refractivity contribution in [2.75, 3.05) is 0 Å². The van der Waals surface area contributed by atoms with Crippen LogP contribution in [0.1, 0.15) is 17.1 Å². The Morgan fingerprint density at radius 2 is 1.86 bits per heavy atom. The molecular weight excluding hydrogens is 172 g/mol. The summed E-state index contributed by atoms with van der Waals surface area (Å²) < 4.78 is 0. The van der Waals surface area contributed by atoms with Crippen LogP contribution in [-0.2, 0) is 6.42 Å². The van der Waals surface area contributed by atoms with E-state index in [-0.39, 0.29) is 0 Å². The van der Waals surface area contributed by atoms with E-state index < -0.39 is 0 Å². The van der Waals surface area contributed by atoms with Crippen LogP contribution >= 0.6 is 0 Å². The molecule has 0 spiro atoms. The third kappa shape index (κ3) is 2.16. The largest absolute Gasteiger partial charge is 0.242 e. The first-order valence-corrected chi connectivity index (χ1v) is 4.67. The van der Waals surface area contributed by atoms with Gasteiger partial charge in [0.1, 0.15) is 5.82 Å². The summed E-state index contributed by atoms with van der Waals surface area (Å²) in [7, 11) is 0. The van der Waals surface area contributed by atoms with Gasteiger partial charge in [-0.25, -0.2) is 9.97 Å². The summed E-state index contributed by atoms with van der Waals surface area (Å²) in [6.07, 6.45) is 2.69. The fraction of sp³-hybridized carbons (Fsp3) is 0.167. The zero-order valence-corrected chi connectivity index (χ0v) is 8.14. The van der Waals surface area contributed by atoms with Crippen LogP contribution in [0.3, 0.4) is 0 Å². The van der Waals surface area contributed by atoms with Gasteiger partial charge in [-0.1, -0.05) is 30.3 Å². The van der Waals surface area contributed by atoms with E-state index in [2.05, 4.69) is 22.1 Å². The minimum atomic E-state index is 0.832. The lowest BCUT2D eigenvalue weighted by atomic mass is 10.1. The highest BCUT2D eigenvalue weighted by Crippen LogP contribution is 2.05. The molecule has 70 valence electrons. The van der Waals surface area contributed by atoms with E-state index >= 15 is 0 Å². The molecule has 2 heteroatoms. The maximum atomic E-state index is 4.36. The van der Waals surface area contributed by atoms with Crippen LogP contribution in [0.5, 0.6) is 0 Å². The highest BCUT2D eigenvalue weighted by molar-refractivity contribution is 5.20. The minimum Gasteiger partial charge on any atom is -0.242 e. The molecule has 2 nitrogen and oxygen atoms in total. The lowest BCUT2D eigenvalue weighted by Crippen LogP contribution is -1.95. The van der Waals surface area contributed by atoms with E-state index in [0.29, 0.717) is 0 Å². The Balaban J connectivity index is 2.19. The van der Waals surface area contributed by atoms with Crippen LogP contribution in [0, 0.1) is 6.92 Å². The molecule has 2 rings (SSSR count). The molecule has 0 amide bonds. The Morgan fingerprint density at radius 1 is 1.07 bits per heavy atom. The van der Waals surface area contributed by atoms with Gasteiger partial charge in [0, 0.05) is 18.3 Å². The monoisotopic (exact) mass is 184 g/mol. The summed E-state index contributed by atoms with van der Waals surface area (Å²) in [5, 5.41) is 0. The number of aryl methyl sites for hydroxylation is 1. The van der Waals surface area contributed by atoms with Crippen LogP contribution in [0.4, 0.5) is 0 Å². The first-order valence-electron chi connectivity index (χ1n) is 4.67. The first-order chi connectivity index (χ1) is 6.84. The van der Waals surface area contributed by atoms with Gasteiger partial charge >= 0.3 is 0 Å². The Labute approximate surface area is 83.7 Å². The highest BCUT2D eigenvalue weighted by atomic mass is 14.9. The molecule has 14 heavy (non-hydrogen) atoms. The van der Waals surface area contributed by atoms with Crippen LogP contribution in [-0.4, -0.2) is 9.97 Å². The van der Waals surface area contributed by atoms with E-state index in [1.54, 1.807) is 6.20 Å². The fourth-order valence-electron chi connectivity index (χ4n) is 1.41. The summed E-state index contributed by atoms with van der Waals surface area (Å²) in [5.74, 6) is 0.832. The molecule has 0 aliphatic heterocycles. The second-order valence-electron chi connectivity index (χ2n) is 3.26. The van der Waals surface area contributed by atoms with Crippen LogP contribution < -0.4 is 0 Å². The van der Waals surface area contributed by atoms with Gasteiger partial charge in [-0.3, -0.25) is 0 Å². The van der Waals surface area contributed by atoms with Crippen LogP contribution in [0.15, 0.2) is 42.6 Å². The van der Waals surface area contributed by atoms with Crippen molar-refractivity contribution in [3.05, 3.63) is 59.7 Å². The predicted octanol–water partition coefficient (Wildman–Crippen LogP) is 2.38. The molecule has 0 atom stereocenters. The predicted molar refractivity (Wildman–Crippen MR) is 56.0 cm³/mol. The van der Waals surface area contributed by atoms with Crippen LogP contribution in [0.25, 0.3) is 0 Å². The SMILES string of the molecule is Cc1nccc(Cc2ccccc2)n1. The van der Waals surface area contributed by atoms with Gasteiger partial charge in [0.25, 0.3) is 0 Å². The summed E-state index contributed by atoms with van der Waals surface area (Å²) in [4.78, 5) is 8.43. The van der Waals surface area contributed by atoms with E-state index in [1.165, 1.54) is 5.56 Å². The van der Waals surface area contributed by atoms with Gasteiger partial charge in [-0.2, -0.15) is 0 Å². The average molecular weight is 184 g/mol. The molecule has 1 aromatic carbocycles. The number of benzene rings is 1. The zero-order valence-electron chi connectivity index (χ0n) is 8.14. The summed E-state index contributed by atoms with van der Waals surface area (Å²) >= 11 is 0. The highest BCUT2D eigenvalue weighted by Gasteiger charge is 1.96. The molecule has 0 aliphatic rings. The van der Waals surface area contributed by atoms with Gasteiger partial charge in [0.15, 0.2) is 0 Å². The Hall–Kier alpha value is -1.70. The number of hydrogen-bond acceptors (Lipinski definition) is 2. The molecule has 0 radical (unpaired) electrons. The maximum Gasteiger partial charge on any atom is 0.125 e. The fourth-order valence-corrected chi connectivity index (χ4v) is 1.41. The van der Waals surface area contributed by atoms with Crippen molar-refractivity contribution in [3.63, 3.8) is 0 Å². The van der Waals surface area contributed by atoms with Gasteiger partial charge in [0.05, 0.1) is 0 Å². The van der Waals surface area contributed by atoms with E-state index in [4.69, 9.17) is 0 Å². The van der Waals surface area contributed by atoms with Crippen molar-refractivity contribution in [3.8, 4) is 0 Å². The number of hydrogen-bond donors (Lipinski definition) is 0. The number of nitrogens with zero attached hydrogens (tertiary/aromatic N) is 2. The molecule has 2 aromatic rings. The van der Waals surface area contributed by atoms with Crippen molar-refractivity contribution < 1.29 is 0 Å². The minimum absolute atomic E-state index is 0.832. The van der Waals surface area contributed by atoms with Gasteiger partial charge in [-0.15, -0.1) is 0 Å². The van der Waals surface area contributed by atoms with Crippen LogP contribution in [0.2, 0.25) is 0 Å². The smallest absolute Gasteiger partial charge is 0.125 e. The van der Waals surface area contributed by atoms with Crippen molar-refractivity contribution in [2.24, 2.45) is 0 Å². The first kappa shape index (κ1) is 8.88. The van der Waals surface area contributed by atoms with Crippen molar-refractivity contribution >= 4 is 0 Å². The molecule has 1 aromatic heterocycles. The van der Waals surface area contributed by atoms with E-state index in [1.807, 2.05) is 31.2 Å². The van der Waals surface area contributed by atoms with Crippen molar-refractivity contribution in [2.45, 2.75) is 13.3 Å². The van der Waals surface area contributed by atoms with Gasteiger partial charge in [-0.05, 0) is 18.6 Å². The molecule has 0 bridgehead atoms. The maximum absolute atomic E-state index is 4.36. The summed E-state index contributed by atoms with van der Waals surface area (Å²) in [6, 6.07) is 12.3. The molecule has 0 fully saturated rings. The molecular formula is C12H12N2. The average Bonchev–Trinajstić information content (AvgIpc) is 2.19. The van der Waals surface area contributed by atoms with Crippen molar-refractivity contribution in [1.29, 1.82) is 0 Å². The van der Waals surface area contributed by atoms with E-state index in [0.717, 1.165) is 17.9 Å². The Morgan fingerprint density at radius 3 is 2.57 bits per heavy atom. The zero-order chi connectivity index (χ0) is 9.80. The standard InChI is InChI=1S/C12H12N2/c1-10-13-8-7-12(14-10)9-11-5-3-2-4-6-11/h2-8H,9H2,1H3. The summed E-state index contributed by atoms with van der Waals surface area (Å²) in [5.41, 5.74) is 2.36. The third-order valence-corrected chi connectivity index (χ3v) is 2.06. The molecule has 0 saturated heterocycles. The molecule has 0 aliphatic carbocycles. The Kier molecular flexibility index (Phi) is 2.54. The quantitative estimate of drug-likeness (QED) is 0.716. The van der Waals surface area contributed by atoms with E-state index in [9.17, 15) is 0 Å². The normalized spacial score (nSPS) is 10.1. The Bertz CT molecular complexity index is 410. The third-order valence-electron chi connectivity index (χ3n) is 2.06. The molecule has 1 heterocycles. The van der Waals surface area contributed by atoms with Gasteiger partial charge < -0.3 is 0 Å².